The molecule has 0 aliphatic rings. The molecule has 3 aromatic rings. The molecule has 0 atom stereocenters. The SMILES string of the molecule is O=C(Nc1c[nH]c2ccc(Br)cc12)OCc1ccccc1. The second-order valence-electron chi connectivity index (χ2n) is 4.58. The topological polar surface area (TPSA) is 54.1 Å². The van der Waals surface area contributed by atoms with Gasteiger partial charge in [0.1, 0.15) is 6.61 Å². The molecule has 4 nitrogen and oxygen atoms in total. The van der Waals surface area contributed by atoms with E-state index in [1.54, 1.807) is 6.20 Å². The molecule has 0 aliphatic heterocycles. The summed E-state index contributed by atoms with van der Waals surface area (Å²) in [6, 6.07) is 15.4. The smallest absolute Gasteiger partial charge is 0.412 e. The van der Waals surface area contributed by atoms with E-state index in [-0.39, 0.29) is 6.61 Å². The first-order chi connectivity index (χ1) is 10.2. The van der Waals surface area contributed by atoms with Gasteiger partial charge in [0.2, 0.25) is 0 Å². The molecule has 0 aliphatic carbocycles. The zero-order chi connectivity index (χ0) is 14.7. The molecule has 0 saturated carbocycles. The van der Waals surface area contributed by atoms with Crippen LogP contribution in [0.1, 0.15) is 5.56 Å². The third-order valence-corrected chi connectivity index (χ3v) is 3.59. The summed E-state index contributed by atoms with van der Waals surface area (Å²) >= 11 is 3.42. The number of aromatic nitrogens is 1. The number of aromatic amines is 1. The molecule has 106 valence electrons. The van der Waals surface area contributed by atoms with Crippen LogP contribution < -0.4 is 5.32 Å². The summed E-state index contributed by atoms with van der Waals surface area (Å²) < 4.78 is 6.16. The molecule has 0 spiro atoms. The molecule has 0 bridgehead atoms. The van der Waals surface area contributed by atoms with Gasteiger partial charge in [-0.2, -0.15) is 0 Å². The van der Waals surface area contributed by atoms with Gasteiger partial charge in [-0.15, -0.1) is 0 Å². The maximum atomic E-state index is 11.9. The van der Waals surface area contributed by atoms with E-state index in [9.17, 15) is 4.79 Å². The Balaban J connectivity index is 1.67. The average molecular weight is 345 g/mol. The van der Waals surface area contributed by atoms with E-state index >= 15 is 0 Å². The largest absolute Gasteiger partial charge is 0.444 e. The van der Waals surface area contributed by atoms with Crippen molar-refractivity contribution in [2.75, 3.05) is 5.32 Å². The lowest BCUT2D eigenvalue weighted by molar-refractivity contribution is 0.155. The fraction of sp³-hybridized carbons (Fsp3) is 0.0625. The molecule has 0 radical (unpaired) electrons. The summed E-state index contributed by atoms with van der Waals surface area (Å²) in [5.74, 6) is 0. The van der Waals surface area contributed by atoms with Crippen molar-refractivity contribution in [1.29, 1.82) is 0 Å². The quantitative estimate of drug-likeness (QED) is 0.724. The van der Waals surface area contributed by atoms with Crippen LogP contribution in [0.25, 0.3) is 10.9 Å². The molecule has 2 aromatic carbocycles. The van der Waals surface area contributed by atoms with Crippen LogP contribution >= 0.6 is 15.9 Å². The lowest BCUT2D eigenvalue weighted by atomic mass is 10.2. The highest BCUT2D eigenvalue weighted by Gasteiger charge is 2.09. The molecule has 1 aromatic heterocycles. The van der Waals surface area contributed by atoms with E-state index in [4.69, 9.17) is 4.74 Å². The van der Waals surface area contributed by atoms with E-state index < -0.39 is 6.09 Å². The maximum Gasteiger partial charge on any atom is 0.412 e. The van der Waals surface area contributed by atoms with Crippen LogP contribution in [-0.2, 0) is 11.3 Å². The van der Waals surface area contributed by atoms with Crippen molar-refractivity contribution in [3.63, 3.8) is 0 Å². The van der Waals surface area contributed by atoms with Gasteiger partial charge in [0.15, 0.2) is 0 Å². The Bertz CT molecular complexity index is 768. The van der Waals surface area contributed by atoms with Crippen LogP contribution in [0.2, 0.25) is 0 Å². The van der Waals surface area contributed by atoms with E-state index in [1.807, 2.05) is 48.5 Å². The van der Waals surface area contributed by atoms with Gasteiger partial charge in [0, 0.05) is 21.6 Å². The number of ether oxygens (including phenoxy) is 1. The number of rotatable bonds is 3. The minimum absolute atomic E-state index is 0.249. The van der Waals surface area contributed by atoms with Crippen molar-refractivity contribution in [3.8, 4) is 0 Å². The first-order valence-electron chi connectivity index (χ1n) is 6.47. The number of nitrogens with one attached hydrogen (secondary N) is 2. The van der Waals surface area contributed by atoms with Gasteiger partial charge in [-0.25, -0.2) is 4.79 Å². The molecular formula is C16H13BrN2O2. The van der Waals surface area contributed by atoms with Crippen LogP contribution in [0.4, 0.5) is 10.5 Å². The maximum absolute atomic E-state index is 11.9. The first-order valence-corrected chi connectivity index (χ1v) is 7.26. The Hall–Kier alpha value is -2.27. The van der Waals surface area contributed by atoms with E-state index in [0.717, 1.165) is 20.9 Å². The van der Waals surface area contributed by atoms with Gasteiger partial charge >= 0.3 is 6.09 Å². The Morgan fingerprint density at radius 1 is 1.19 bits per heavy atom. The number of anilines is 1. The number of carbonyl (C=O) groups excluding carboxylic acids is 1. The average Bonchev–Trinajstić information content (AvgIpc) is 2.88. The van der Waals surface area contributed by atoms with Gasteiger partial charge < -0.3 is 9.72 Å². The van der Waals surface area contributed by atoms with Crippen LogP contribution in [0, 0.1) is 0 Å². The summed E-state index contributed by atoms with van der Waals surface area (Å²) in [6.45, 7) is 0.249. The van der Waals surface area contributed by atoms with Crippen molar-refractivity contribution in [1.82, 2.24) is 4.98 Å². The van der Waals surface area contributed by atoms with Gasteiger partial charge in [0.25, 0.3) is 0 Å². The Kier molecular flexibility index (Phi) is 3.92. The molecule has 3 rings (SSSR count). The number of fused-ring (bicyclic) bond motifs is 1. The van der Waals surface area contributed by atoms with Crippen molar-refractivity contribution in [2.24, 2.45) is 0 Å². The molecule has 21 heavy (non-hydrogen) atoms. The molecule has 5 heteroatoms. The highest BCUT2D eigenvalue weighted by Crippen LogP contribution is 2.26. The number of carbonyl (C=O) groups is 1. The molecular weight excluding hydrogens is 332 g/mol. The minimum Gasteiger partial charge on any atom is -0.444 e. The van der Waals surface area contributed by atoms with Crippen molar-refractivity contribution < 1.29 is 9.53 Å². The third-order valence-electron chi connectivity index (χ3n) is 3.09. The molecule has 0 saturated heterocycles. The normalized spacial score (nSPS) is 10.5. The van der Waals surface area contributed by atoms with Gasteiger partial charge in [-0.1, -0.05) is 46.3 Å². The lowest BCUT2D eigenvalue weighted by Crippen LogP contribution is -2.13. The lowest BCUT2D eigenvalue weighted by Gasteiger charge is -2.06. The van der Waals surface area contributed by atoms with Crippen LogP contribution in [-0.4, -0.2) is 11.1 Å². The first kappa shape index (κ1) is 13.7. The Labute approximate surface area is 130 Å². The minimum atomic E-state index is -0.472. The third kappa shape index (κ3) is 3.25. The zero-order valence-electron chi connectivity index (χ0n) is 11.1. The molecule has 0 unspecified atom stereocenters. The van der Waals surface area contributed by atoms with Crippen LogP contribution in [0.15, 0.2) is 59.2 Å². The molecule has 1 heterocycles. The van der Waals surface area contributed by atoms with E-state index in [1.165, 1.54) is 0 Å². The molecule has 0 fully saturated rings. The molecule has 2 N–H and O–H groups in total. The zero-order valence-corrected chi connectivity index (χ0v) is 12.7. The van der Waals surface area contributed by atoms with Crippen LogP contribution in [0.5, 0.6) is 0 Å². The standard InChI is InChI=1S/C16H13BrN2O2/c17-12-6-7-14-13(8-12)15(9-18-14)19-16(20)21-10-11-4-2-1-3-5-11/h1-9,18H,10H2,(H,19,20). The number of halogens is 1. The summed E-state index contributed by atoms with van der Waals surface area (Å²) in [5.41, 5.74) is 2.61. The fourth-order valence-corrected chi connectivity index (χ4v) is 2.43. The predicted molar refractivity (Wildman–Crippen MR) is 86.2 cm³/mol. The van der Waals surface area contributed by atoms with Gasteiger partial charge in [-0.3, -0.25) is 5.32 Å². The highest BCUT2D eigenvalue weighted by molar-refractivity contribution is 9.10. The highest BCUT2D eigenvalue weighted by atomic mass is 79.9. The summed E-state index contributed by atoms with van der Waals surface area (Å²) in [6.07, 6.45) is 1.28. The summed E-state index contributed by atoms with van der Waals surface area (Å²) in [5, 5.41) is 3.68. The number of hydrogen-bond acceptors (Lipinski definition) is 2. The van der Waals surface area contributed by atoms with Gasteiger partial charge in [0.05, 0.1) is 5.69 Å². The second kappa shape index (κ2) is 6.01. The van der Waals surface area contributed by atoms with Crippen molar-refractivity contribution in [2.45, 2.75) is 6.61 Å². The summed E-state index contributed by atoms with van der Waals surface area (Å²) in [4.78, 5) is 15.0. The summed E-state index contributed by atoms with van der Waals surface area (Å²) in [7, 11) is 0. The van der Waals surface area contributed by atoms with E-state index in [2.05, 4.69) is 26.2 Å². The Morgan fingerprint density at radius 2 is 2.00 bits per heavy atom. The number of hydrogen-bond donors (Lipinski definition) is 2. The Morgan fingerprint density at radius 3 is 2.81 bits per heavy atom. The monoisotopic (exact) mass is 344 g/mol. The molecule has 1 amide bonds. The van der Waals surface area contributed by atoms with Crippen LogP contribution in [0.3, 0.4) is 0 Å². The predicted octanol–water partition coefficient (Wildman–Crippen LogP) is 4.68. The van der Waals surface area contributed by atoms with Crippen molar-refractivity contribution >= 4 is 38.6 Å². The fourth-order valence-electron chi connectivity index (χ4n) is 2.07. The van der Waals surface area contributed by atoms with Crippen molar-refractivity contribution in [3.05, 3.63) is 64.8 Å². The van der Waals surface area contributed by atoms with Gasteiger partial charge in [-0.05, 0) is 23.8 Å². The second-order valence-corrected chi connectivity index (χ2v) is 5.49. The van der Waals surface area contributed by atoms with E-state index in [0.29, 0.717) is 5.69 Å². The number of amides is 1. The number of benzene rings is 2. The number of H-pyrrole nitrogens is 1.